The van der Waals surface area contributed by atoms with Crippen LogP contribution in [-0.2, 0) is 32.0 Å². The fraction of sp³-hybridized carbons (Fsp3) is 0.471. The minimum absolute atomic E-state index is 0.251. The average molecular weight is 908 g/mol. The Morgan fingerprint density at radius 3 is 1.91 bits per heavy atom. The zero-order valence-electron chi connectivity index (χ0n) is 29.8. The number of nitrogens with zero attached hydrogens (tertiary/aromatic N) is 1. The third-order valence-electron chi connectivity index (χ3n) is 8.51. The lowest BCUT2D eigenvalue weighted by molar-refractivity contribution is -0.238. The monoisotopic (exact) mass is 907 g/mol. The Morgan fingerprint density at radius 2 is 1.45 bits per heavy atom. The standard InChI is InChI=1S/C34H38F8IN5O7/c1-7-17-12-21(35)20(22(36)13-17)15-48(47-27(50)25(46-30(53)54-6)31(2,3)33(37,38)39)16-24(49)23(14-18-8-10-19(43)11-9-18)45-28(51)26(55-29(44)52)32(4,5)34(40,41)42/h1,8-13,23-26,49H,14-16H2,2-6H3,(H2,44,52)(H,45,51)(H,46,53)(H,47,50)/t23-,24-,25+,26+/m0/s1. The van der Waals surface area contributed by atoms with Crippen molar-refractivity contribution in [3.8, 4) is 12.3 Å². The molecule has 55 heavy (non-hydrogen) atoms. The van der Waals surface area contributed by atoms with Gasteiger partial charge in [0.25, 0.3) is 11.8 Å². The first-order valence-electron chi connectivity index (χ1n) is 15.8. The lowest BCUT2D eigenvalue weighted by Gasteiger charge is -2.37. The third kappa shape index (κ3) is 12.3. The summed E-state index contributed by atoms with van der Waals surface area (Å²) in [6.07, 6.45) is -13.4. The SMILES string of the molecule is C#Cc1cc(F)c(CN(C[C@H](O)[C@H](Cc2ccc(I)cc2)NC(=O)[C@@H](OC(N)=O)C(C)(C)C(F)(F)F)NC(=O)[C@@H](NC(=O)OC)C(C)(C)C(F)(F)F)c(F)c1. The number of carbonyl (C=O) groups excluding carboxylic acids is 4. The first kappa shape index (κ1) is 46.7. The van der Waals surface area contributed by atoms with E-state index in [-0.39, 0.29) is 12.0 Å². The summed E-state index contributed by atoms with van der Waals surface area (Å²) in [7, 11) is 0.801. The van der Waals surface area contributed by atoms with Gasteiger partial charge in [-0.15, -0.1) is 6.42 Å². The number of hydrazine groups is 1. The molecule has 0 bridgehead atoms. The van der Waals surface area contributed by atoms with Crippen molar-refractivity contribution < 1.29 is 68.9 Å². The fourth-order valence-corrected chi connectivity index (χ4v) is 5.23. The molecule has 2 rings (SSSR count). The van der Waals surface area contributed by atoms with E-state index in [1.807, 2.05) is 33.9 Å². The van der Waals surface area contributed by atoms with Crippen molar-refractivity contribution in [3.05, 3.63) is 68.3 Å². The van der Waals surface area contributed by atoms with Crippen LogP contribution in [0.5, 0.6) is 0 Å². The van der Waals surface area contributed by atoms with Crippen LogP contribution in [0.3, 0.4) is 0 Å². The van der Waals surface area contributed by atoms with Gasteiger partial charge in [-0.3, -0.25) is 15.0 Å². The van der Waals surface area contributed by atoms with Gasteiger partial charge in [0.1, 0.15) is 23.1 Å². The molecule has 4 atom stereocenters. The fourth-order valence-electron chi connectivity index (χ4n) is 4.88. The molecule has 0 saturated carbocycles. The summed E-state index contributed by atoms with van der Waals surface area (Å²) in [6.45, 7) is 0.156. The highest BCUT2D eigenvalue weighted by Gasteiger charge is 2.58. The summed E-state index contributed by atoms with van der Waals surface area (Å²) in [5.74, 6) is -3.78. The highest BCUT2D eigenvalue weighted by atomic mass is 127. The van der Waals surface area contributed by atoms with Crippen LogP contribution in [0.4, 0.5) is 44.7 Å². The Labute approximate surface area is 323 Å². The molecule has 0 saturated heterocycles. The number of halogens is 9. The van der Waals surface area contributed by atoms with E-state index in [4.69, 9.17) is 12.2 Å². The molecule has 0 spiro atoms. The van der Waals surface area contributed by atoms with Crippen LogP contribution in [0.25, 0.3) is 0 Å². The van der Waals surface area contributed by atoms with Crippen LogP contribution in [0.2, 0.25) is 0 Å². The van der Waals surface area contributed by atoms with E-state index in [0.29, 0.717) is 38.3 Å². The number of nitrogens with one attached hydrogen (secondary N) is 3. The lowest BCUT2D eigenvalue weighted by atomic mass is 9.83. The number of terminal acetylenes is 1. The van der Waals surface area contributed by atoms with Crippen LogP contribution in [0, 0.1) is 38.4 Å². The molecular formula is C34H38F8IN5O7. The molecule has 0 radical (unpaired) electrons. The molecular weight excluding hydrogens is 869 g/mol. The summed E-state index contributed by atoms with van der Waals surface area (Å²) >= 11 is 1.96. The second-order valence-electron chi connectivity index (χ2n) is 13.3. The molecule has 21 heteroatoms. The highest BCUT2D eigenvalue weighted by molar-refractivity contribution is 14.1. The molecule has 304 valence electrons. The van der Waals surface area contributed by atoms with E-state index >= 15 is 8.78 Å². The molecule has 0 heterocycles. The summed E-state index contributed by atoms with van der Waals surface area (Å²) < 4.78 is 124. The van der Waals surface area contributed by atoms with Gasteiger partial charge in [0.2, 0.25) is 0 Å². The topological polar surface area (TPSA) is 172 Å². The van der Waals surface area contributed by atoms with Crippen molar-refractivity contribution in [2.75, 3.05) is 13.7 Å². The number of hydrogen-bond donors (Lipinski definition) is 5. The molecule has 0 aliphatic rings. The third-order valence-corrected chi connectivity index (χ3v) is 9.23. The molecule has 0 aliphatic heterocycles. The Kier molecular flexibility index (Phi) is 15.7. The minimum atomic E-state index is -5.15. The number of alkyl halides is 6. The first-order chi connectivity index (χ1) is 25.2. The molecule has 4 amide bonds. The van der Waals surface area contributed by atoms with Crippen LogP contribution in [0.15, 0.2) is 36.4 Å². The quantitative estimate of drug-likeness (QED) is 0.0732. The predicted molar refractivity (Wildman–Crippen MR) is 187 cm³/mol. The number of aliphatic hydroxyl groups excluding tert-OH is 1. The summed E-state index contributed by atoms with van der Waals surface area (Å²) in [5.41, 5.74) is 0.173. The van der Waals surface area contributed by atoms with E-state index in [1.165, 1.54) is 12.1 Å². The number of rotatable bonds is 15. The van der Waals surface area contributed by atoms with Crippen molar-refractivity contribution in [1.29, 1.82) is 0 Å². The average Bonchev–Trinajstić information content (AvgIpc) is 3.06. The van der Waals surface area contributed by atoms with Gasteiger partial charge in [0, 0.05) is 27.8 Å². The largest absolute Gasteiger partial charge is 0.453 e. The maximum absolute atomic E-state index is 15.1. The summed E-state index contributed by atoms with van der Waals surface area (Å²) in [4.78, 5) is 50.6. The van der Waals surface area contributed by atoms with Crippen molar-refractivity contribution >= 4 is 46.6 Å². The Balaban J connectivity index is 2.69. The number of nitrogens with two attached hydrogens (primary N) is 1. The zero-order chi connectivity index (χ0) is 42.3. The number of primary amides is 1. The second kappa shape index (κ2) is 18.5. The number of alkyl carbamates (subject to hydrolysis) is 1. The van der Waals surface area contributed by atoms with Crippen LogP contribution in [-0.4, -0.2) is 84.4 Å². The highest BCUT2D eigenvalue weighted by Crippen LogP contribution is 2.42. The van der Waals surface area contributed by atoms with Gasteiger partial charge < -0.3 is 30.9 Å². The van der Waals surface area contributed by atoms with E-state index in [0.717, 1.165) is 22.8 Å². The lowest BCUT2D eigenvalue weighted by Crippen LogP contribution is -2.62. The number of hydrogen-bond acceptors (Lipinski definition) is 8. The van der Waals surface area contributed by atoms with E-state index < -0.39 is 102 Å². The van der Waals surface area contributed by atoms with Gasteiger partial charge in [-0.05, 0) is 86.5 Å². The van der Waals surface area contributed by atoms with Gasteiger partial charge in [-0.1, -0.05) is 18.1 Å². The van der Waals surface area contributed by atoms with Gasteiger partial charge in [-0.2, -0.15) is 26.3 Å². The summed E-state index contributed by atoms with van der Waals surface area (Å²) in [5, 5.41) is 16.0. The van der Waals surface area contributed by atoms with Crippen LogP contribution >= 0.6 is 22.6 Å². The zero-order valence-corrected chi connectivity index (χ0v) is 32.0. The smallest absolute Gasteiger partial charge is 0.407 e. The minimum Gasteiger partial charge on any atom is -0.453 e. The molecule has 2 aromatic carbocycles. The number of methoxy groups -OCH3 is 1. The van der Waals surface area contributed by atoms with Crippen molar-refractivity contribution in [2.45, 2.75) is 77.3 Å². The number of ether oxygens (including phenoxy) is 2. The maximum atomic E-state index is 15.1. The van der Waals surface area contributed by atoms with Crippen molar-refractivity contribution in [3.63, 3.8) is 0 Å². The van der Waals surface area contributed by atoms with E-state index in [2.05, 4.69) is 14.8 Å². The molecule has 0 fully saturated rings. The Bertz CT molecular complexity index is 1730. The first-order valence-corrected chi connectivity index (χ1v) is 16.9. The van der Waals surface area contributed by atoms with Gasteiger partial charge in [-0.25, -0.2) is 23.4 Å². The molecule has 0 aromatic heterocycles. The number of aliphatic hydroxyl groups is 1. The molecule has 2 aromatic rings. The molecule has 6 N–H and O–H groups in total. The number of amides is 4. The Hall–Kier alpha value is -4.43. The number of benzene rings is 2. The van der Waals surface area contributed by atoms with E-state index in [1.54, 1.807) is 17.4 Å². The number of carbonyl (C=O) groups is 4. The van der Waals surface area contributed by atoms with Crippen molar-refractivity contribution in [1.82, 2.24) is 21.1 Å². The van der Waals surface area contributed by atoms with Crippen molar-refractivity contribution in [2.24, 2.45) is 16.6 Å². The normalized spacial score (nSPS) is 14.5. The Morgan fingerprint density at radius 1 is 0.927 bits per heavy atom. The van der Waals surface area contributed by atoms with Gasteiger partial charge in [0.05, 0.1) is 24.7 Å². The van der Waals surface area contributed by atoms with Crippen LogP contribution in [0.1, 0.15) is 44.4 Å². The van der Waals surface area contributed by atoms with E-state index in [9.17, 15) is 50.6 Å². The van der Waals surface area contributed by atoms with Gasteiger partial charge in [0.15, 0.2) is 6.10 Å². The molecule has 12 nitrogen and oxygen atoms in total. The summed E-state index contributed by atoms with van der Waals surface area (Å²) in [6, 6.07) is 3.55. The predicted octanol–water partition coefficient (Wildman–Crippen LogP) is 4.84. The van der Waals surface area contributed by atoms with Crippen LogP contribution < -0.4 is 21.8 Å². The maximum Gasteiger partial charge on any atom is 0.407 e. The molecule has 0 aliphatic carbocycles. The van der Waals surface area contributed by atoms with Gasteiger partial charge >= 0.3 is 24.5 Å². The second-order valence-corrected chi connectivity index (χ2v) is 14.5. The molecule has 0 unspecified atom stereocenters.